The van der Waals surface area contributed by atoms with Crippen molar-refractivity contribution in [1.82, 2.24) is 0 Å². The predicted octanol–water partition coefficient (Wildman–Crippen LogP) is 2.53. The zero-order valence-corrected chi connectivity index (χ0v) is 10.4. The molecule has 6 heteroatoms. The van der Waals surface area contributed by atoms with E-state index in [-0.39, 0.29) is 5.82 Å². The molecular formula is C10H7BrFNO2S. The fraction of sp³-hybridized carbons (Fsp3) is 0.200. The number of benzene rings is 1. The molecule has 1 aliphatic rings. The zero-order chi connectivity index (χ0) is 11.7. The second-order valence-electron chi connectivity index (χ2n) is 3.23. The first kappa shape index (κ1) is 11.6. The lowest BCUT2D eigenvalue weighted by Crippen LogP contribution is -2.17. The van der Waals surface area contributed by atoms with Gasteiger partial charge in [-0.05, 0) is 28.1 Å². The van der Waals surface area contributed by atoms with Gasteiger partial charge in [0.15, 0.2) is 6.04 Å². The molecule has 1 aromatic rings. The first-order valence-corrected chi connectivity index (χ1v) is 6.24. The summed E-state index contributed by atoms with van der Waals surface area (Å²) in [4.78, 5) is 14.7. The highest BCUT2D eigenvalue weighted by atomic mass is 79.9. The second kappa shape index (κ2) is 4.55. The molecule has 1 atom stereocenters. The Bertz CT molecular complexity index is 478. The van der Waals surface area contributed by atoms with Crippen molar-refractivity contribution < 1.29 is 14.3 Å². The zero-order valence-electron chi connectivity index (χ0n) is 7.98. The Morgan fingerprint density at radius 3 is 2.94 bits per heavy atom. The van der Waals surface area contributed by atoms with Crippen molar-refractivity contribution in [2.45, 2.75) is 6.04 Å². The van der Waals surface area contributed by atoms with E-state index < -0.39 is 12.0 Å². The molecular weight excluding hydrogens is 297 g/mol. The molecule has 84 valence electrons. The van der Waals surface area contributed by atoms with E-state index in [1.807, 2.05) is 0 Å². The van der Waals surface area contributed by atoms with Crippen LogP contribution in [-0.2, 0) is 4.79 Å². The maximum absolute atomic E-state index is 13.3. The third-order valence-corrected chi connectivity index (χ3v) is 3.84. The molecule has 2 rings (SSSR count). The maximum Gasteiger partial charge on any atom is 0.329 e. The van der Waals surface area contributed by atoms with E-state index in [1.54, 1.807) is 12.1 Å². The molecule has 0 amide bonds. The minimum Gasteiger partial charge on any atom is -0.480 e. The summed E-state index contributed by atoms with van der Waals surface area (Å²) in [5, 5.41) is 9.36. The highest BCUT2D eigenvalue weighted by Crippen LogP contribution is 2.25. The number of halogens is 2. The number of hydrogen-bond donors (Lipinski definition) is 1. The SMILES string of the molecule is O=C(O)C1CSC(c2ccc(Br)c(F)c2)=N1. The van der Waals surface area contributed by atoms with Gasteiger partial charge in [-0.3, -0.25) is 4.99 Å². The number of aliphatic imine (C=N–C) groups is 1. The summed E-state index contributed by atoms with van der Waals surface area (Å²) in [5.41, 5.74) is 0.620. The third-order valence-electron chi connectivity index (χ3n) is 2.10. The number of carbonyl (C=O) groups is 1. The van der Waals surface area contributed by atoms with Crippen LogP contribution in [0, 0.1) is 5.82 Å². The van der Waals surface area contributed by atoms with Gasteiger partial charge in [0.1, 0.15) is 5.82 Å². The number of rotatable bonds is 2. The van der Waals surface area contributed by atoms with Crippen LogP contribution in [-0.4, -0.2) is 27.9 Å². The van der Waals surface area contributed by atoms with Crippen molar-refractivity contribution in [2.75, 3.05) is 5.75 Å². The van der Waals surface area contributed by atoms with Gasteiger partial charge in [0.25, 0.3) is 0 Å². The molecule has 1 aromatic carbocycles. The van der Waals surface area contributed by atoms with Crippen LogP contribution < -0.4 is 0 Å². The van der Waals surface area contributed by atoms with Gasteiger partial charge in [0.2, 0.25) is 0 Å². The average molecular weight is 304 g/mol. The predicted molar refractivity (Wildman–Crippen MR) is 64.5 cm³/mol. The summed E-state index contributed by atoms with van der Waals surface area (Å²) in [7, 11) is 0. The summed E-state index contributed by atoms with van der Waals surface area (Å²) in [5.74, 6) is -0.915. The summed E-state index contributed by atoms with van der Waals surface area (Å²) < 4.78 is 13.6. The number of nitrogens with zero attached hydrogens (tertiary/aromatic N) is 1. The first-order chi connectivity index (χ1) is 7.58. The molecule has 1 N–H and O–H groups in total. The smallest absolute Gasteiger partial charge is 0.329 e. The minimum atomic E-state index is -0.944. The largest absolute Gasteiger partial charge is 0.480 e. The summed E-state index contributed by atoms with van der Waals surface area (Å²) in [6, 6.07) is 3.93. The van der Waals surface area contributed by atoms with Crippen LogP contribution in [0.3, 0.4) is 0 Å². The lowest BCUT2D eigenvalue weighted by atomic mass is 10.2. The molecule has 0 fully saturated rings. The van der Waals surface area contributed by atoms with E-state index >= 15 is 0 Å². The summed E-state index contributed by atoms with van der Waals surface area (Å²) in [6.07, 6.45) is 0. The molecule has 0 spiro atoms. The van der Waals surface area contributed by atoms with E-state index in [0.717, 1.165) is 0 Å². The number of carboxylic acid groups (broad SMARTS) is 1. The number of thioether (sulfide) groups is 1. The number of carboxylic acids is 1. The van der Waals surface area contributed by atoms with Crippen molar-refractivity contribution in [2.24, 2.45) is 4.99 Å². The van der Waals surface area contributed by atoms with Crippen LogP contribution in [0.4, 0.5) is 4.39 Å². The molecule has 0 saturated heterocycles. The molecule has 1 aliphatic heterocycles. The van der Waals surface area contributed by atoms with Crippen molar-refractivity contribution in [3.05, 3.63) is 34.1 Å². The fourth-order valence-corrected chi connectivity index (χ4v) is 2.56. The van der Waals surface area contributed by atoms with Gasteiger partial charge in [-0.15, -0.1) is 11.8 Å². The topological polar surface area (TPSA) is 49.7 Å². The standard InChI is InChI=1S/C10H7BrFNO2S/c11-6-2-1-5(3-7(6)12)9-13-8(4-16-9)10(14)15/h1-3,8H,4H2,(H,14,15). The van der Waals surface area contributed by atoms with Crippen LogP contribution in [0.2, 0.25) is 0 Å². The highest BCUT2D eigenvalue weighted by molar-refractivity contribution is 9.10. The molecule has 1 heterocycles. The molecule has 0 aliphatic carbocycles. The Hall–Kier alpha value is -0.880. The fourth-order valence-electron chi connectivity index (χ4n) is 1.29. The van der Waals surface area contributed by atoms with E-state index in [0.29, 0.717) is 20.8 Å². The lowest BCUT2D eigenvalue weighted by Gasteiger charge is -2.00. The Morgan fingerprint density at radius 1 is 1.62 bits per heavy atom. The Morgan fingerprint density at radius 2 is 2.38 bits per heavy atom. The minimum absolute atomic E-state index is 0.375. The molecule has 0 aromatic heterocycles. The lowest BCUT2D eigenvalue weighted by molar-refractivity contribution is -0.137. The van der Waals surface area contributed by atoms with E-state index in [4.69, 9.17) is 5.11 Å². The van der Waals surface area contributed by atoms with Gasteiger partial charge in [0.05, 0.1) is 9.52 Å². The van der Waals surface area contributed by atoms with E-state index in [1.165, 1.54) is 17.8 Å². The van der Waals surface area contributed by atoms with Crippen LogP contribution in [0.15, 0.2) is 27.7 Å². The van der Waals surface area contributed by atoms with Crippen molar-refractivity contribution >= 4 is 38.7 Å². The van der Waals surface area contributed by atoms with Gasteiger partial charge in [0, 0.05) is 11.3 Å². The van der Waals surface area contributed by atoms with Gasteiger partial charge in [-0.25, -0.2) is 9.18 Å². The Labute approximate surface area is 104 Å². The quantitative estimate of drug-likeness (QED) is 0.913. The summed E-state index contributed by atoms with van der Waals surface area (Å²) >= 11 is 4.39. The molecule has 0 radical (unpaired) electrons. The number of aliphatic carboxylic acids is 1. The Kier molecular flexibility index (Phi) is 3.30. The molecule has 3 nitrogen and oxygen atoms in total. The average Bonchev–Trinajstić information content (AvgIpc) is 2.71. The van der Waals surface area contributed by atoms with Crippen LogP contribution in [0.5, 0.6) is 0 Å². The van der Waals surface area contributed by atoms with E-state index in [9.17, 15) is 9.18 Å². The highest BCUT2D eigenvalue weighted by Gasteiger charge is 2.25. The van der Waals surface area contributed by atoms with Crippen molar-refractivity contribution in [1.29, 1.82) is 0 Å². The molecule has 0 saturated carbocycles. The first-order valence-electron chi connectivity index (χ1n) is 4.47. The number of hydrogen-bond acceptors (Lipinski definition) is 3. The van der Waals surface area contributed by atoms with Gasteiger partial charge in [-0.2, -0.15) is 0 Å². The van der Waals surface area contributed by atoms with Gasteiger partial charge in [-0.1, -0.05) is 6.07 Å². The van der Waals surface area contributed by atoms with Crippen LogP contribution in [0.1, 0.15) is 5.56 Å². The maximum atomic E-state index is 13.3. The van der Waals surface area contributed by atoms with Crippen molar-refractivity contribution in [3.8, 4) is 0 Å². The third kappa shape index (κ3) is 2.27. The van der Waals surface area contributed by atoms with Crippen LogP contribution >= 0.6 is 27.7 Å². The second-order valence-corrected chi connectivity index (χ2v) is 5.09. The van der Waals surface area contributed by atoms with Crippen molar-refractivity contribution in [3.63, 3.8) is 0 Å². The monoisotopic (exact) mass is 303 g/mol. The molecule has 0 bridgehead atoms. The van der Waals surface area contributed by atoms with Crippen LogP contribution in [0.25, 0.3) is 0 Å². The molecule has 16 heavy (non-hydrogen) atoms. The summed E-state index contributed by atoms with van der Waals surface area (Å²) in [6.45, 7) is 0. The normalized spacial score (nSPS) is 19.6. The van der Waals surface area contributed by atoms with Gasteiger partial charge >= 0.3 is 5.97 Å². The van der Waals surface area contributed by atoms with E-state index in [2.05, 4.69) is 20.9 Å². The Balaban J connectivity index is 2.29. The molecule has 1 unspecified atom stereocenters. The van der Waals surface area contributed by atoms with Gasteiger partial charge < -0.3 is 5.11 Å².